The van der Waals surface area contributed by atoms with E-state index in [2.05, 4.69) is 4.98 Å². The molecule has 26 heavy (non-hydrogen) atoms. The molecule has 2 heterocycles. The molecule has 0 aliphatic carbocycles. The molecule has 2 aromatic rings. The summed E-state index contributed by atoms with van der Waals surface area (Å²) in [5.74, 6) is -0.419. The first-order chi connectivity index (χ1) is 12.3. The fourth-order valence-electron chi connectivity index (χ4n) is 3.14. The van der Waals surface area contributed by atoms with Gasteiger partial charge in [0.05, 0.1) is 7.11 Å². The Hall–Kier alpha value is -2.03. The van der Waals surface area contributed by atoms with Gasteiger partial charge in [-0.1, -0.05) is 6.07 Å². The predicted molar refractivity (Wildman–Crippen MR) is 97.0 cm³/mol. The van der Waals surface area contributed by atoms with E-state index in [1.54, 1.807) is 24.4 Å². The van der Waals surface area contributed by atoms with Crippen molar-refractivity contribution in [2.75, 3.05) is 34.3 Å². The summed E-state index contributed by atoms with van der Waals surface area (Å²) in [5.41, 5.74) is 1.12. The number of hydrogen-bond donors (Lipinski definition) is 0. The summed E-state index contributed by atoms with van der Waals surface area (Å²) < 4.78 is 46.9. The molecule has 1 aliphatic heterocycles. The van der Waals surface area contributed by atoms with Crippen LogP contribution >= 0.6 is 0 Å². The molecule has 1 aliphatic rings. The van der Waals surface area contributed by atoms with E-state index >= 15 is 0 Å². The zero-order valence-electron chi connectivity index (χ0n) is 15.0. The van der Waals surface area contributed by atoms with Gasteiger partial charge in [-0.05, 0) is 50.3 Å². The van der Waals surface area contributed by atoms with Crippen LogP contribution in [-0.4, -0.2) is 62.9 Å². The summed E-state index contributed by atoms with van der Waals surface area (Å²) >= 11 is 0. The molecule has 1 fully saturated rings. The number of likely N-dealkylation sites (N-methyl/N-ethyl adjacent to an activating group) is 1. The third-order valence-electron chi connectivity index (χ3n) is 4.68. The molecule has 3 rings (SSSR count). The molecule has 0 N–H and O–H groups in total. The number of sulfonamides is 1. The van der Waals surface area contributed by atoms with Crippen LogP contribution < -0.4 is 4.74 Å². The Morgan fingerprint density at radius 3 is 2.69 bits per heavy atom. The predicted octanol–water partition coefficient (Wildman–Crippen LogP) is 2.22. The van der Waals surface area contributed by atoms with Crippen molar-refractivity contribution in [1.82, 2.24) is 14.2 Å². The van der Waals surface area contributed by atoms with Gasteiger partial charge in [-0.25, -0.2) is 17.8 Å². The Morgan fingerprint density at radius 1 is 1.31 bits per heavy atom. The number of halogens is 1. The molecular formula is C18H22FN3O3S. The van der Waals surface area contributed by atoms with E-state index in [1.807, 2.05) is 19.0 Å². The minimum atomic E-state index is -3.87. The SMILES string of the molecule is COc1ncccc1-c1ccc(S(=O)(=O)N2CCC(N(C)C)C2)c(F)c1. The minimum Gasteiger partial charge on any atom is -0.481 e. The Labute approximate surface area is 153 Å². The zero-order chi connectivity index (χ0) is 18.9. The van der Waals surface area contributed by atoms with E-state index in [4.69, 9.17) is 4.74 Å². The van der Waals surface area contributed by atoms with E-state index in [-0.39, 0.29) is 10.9 Å². The molecular weight excluding hydrogens is 357 g/mol. The summed E-state index contributed by atoms with van der Waals surface area (Å²) in [7, 11) is 1.44. The van der Waals surface area contributed by atoms with E-state index in [0.29, 0.717) is 30.1 Å². The van der Waals surface area contributed by atoms with Gasteiger partial charge in [-0.3, -0.25) is 0 Å². The highest BCUT2D eigenvalue weighted by Gasteiger charge is 2.35. The van der Waals surface area contributed by atoms with Crippen LogP contribution in [0.25, 0.3) is 11.1 Å². The molecule has 1 aromatic heterocycles. The average molecular weight is 379 g/mol. The van der Waals surface area contributed by atoms with Crippen LogP contribution in [0.3, 0.4) is 0 Å². The molecule has 0 amide bonds. The van der Waals surface area contributed by atoms with Gasteiger partial charge in [0, 0.05) is 30.9 Å². The quantitative estimate of drug-likeness (QED) is 0.797. The standard InChI is InChI=1S/C18H22FN3O3S/c1-21(2)14-8-10-22(12-14)26(23,24)17-7-6-13(11-16(17)19)15-5-4-9-20-18(15)25-3/h4-7,9,11,14H,8,10,12H2,1-3H3. The highest BCUT2D eigenvalue weighted by atomic mass is 32.2. The molecule has 140 valence electrons. The van der Waals surface area contributed by atoms with Crippen LogP contribution in [0, 0.1) is 5.82 Å². The number of hydrogen-bond acceptors (Lipinski definition) is 5. The second-order valence-corrected chi connectivity index (χ2v) is 8.38. The number of rotatable bonds is 5. The van der Waals surface area contributed by atoms with Crippen molar-refractivity contribution in [3.63, 3.8) is 0 Å². The Balaban J connectivity index is 1.93. The maximum absolute atomic E-state index is 14.7. The first-order valence-electron chi connectivity index (χ1n) is 8.30. The third kappa shape index (κ3) is 3.44. The van der Waals surface area contributed by atoms with Gasteiger partial charge in [-0.2, -0.15) is 4.31 Å². The van der Waals surface area contributed by atoms with Crippen molar-refractivity contribution in [2.24, 2.45) is 0 Å². The maximum atomic E-state index is 14.7. The molecule has 1 atom stereocenters. The van der Waals surface area contributed by atoms with Crippen molar-refractivity contribution in [3.8, 4) is 17.0 Å². The van der Waals surface area contributed by atoms with Crippen molar-refractivity contribution >= 4 is 10.0 Å². The van der Waals surface area contributed by atoms with Gasteiger partial charge in [0.2, 0.25) is 15.9 Å². The van der Waals surface area contributed by atoms with Gasteiger partial charge < -0.3 is 9.64 Å². The Bertz CT molecular complexity index is 902. The molecule has 8 heteroatoms. The summed E-state index contributed by atoms with van der Waals surface area (Å²) in [6.45, 7) is 0.760. The second-order valence-electron chi connectivity index (χ2n) is 6.47. The van der Waals surface area contributed by atoms with Crippen LogP contribution in [0.4, 0.5) is 4.39 Å². The molecule has 1 aromatic carbocycles. The molecule has 1 unspecified atom stereocenters. The molecule has 0 radical (unpaired) electrons. The smallest absolute Gasteiger partial charge is 0.246 e. The van der Waals surface area contributed by atoms with Gasteiger partial charge in [0.25, 0.3) is 0 Å². The second kappa shape index (κ2) is 7.30. The monoisotopic (exact) mass is 379 g/mol. The van der Waals surface area contributed by atoms with E-state index < -0.39 is 15.8 Å². The van der Waals surface area contributed by atoms with Crippen molar-refractivity contribution in [2.45, 2.75) is 17.4 Å². The summed E-state index contributed by atoms with van der Waals surface area (Å²) in [6.07, 6.45) is 2.31. The number of methoxy groups -OCH3 is 1. The maximum Gasteiger partial charge on any atom is 0.246 e. The fourth-order valence-corrected chi connectivity index (χ4v) is 4.68. The first-order valence-corrected chi connectivity index (χ1v) is 9.74. The molecule has 0 bridgehead atoms. The molecule has 0 spiro atoms. The number of benzene rings is 1. The topological polar surface area (TPSA) is 62.7 Å². The highest BCUT2D eigenvalue weighted by Crippen LogP contribution is 2.31. The van der Waals surface area contributed by atoms with Gasteiger partial charge in [0.1, 0.15) is 10.7 Å². The van der Waals surface area contributed by atoms with Gasteiger partial charge in [0.15, 0.2) is 0 Å². The largest absolute Gasteiger partial charge is 0.481 e. The third-order valence-corrected chi connectivity index (χ3v) is 6.58. The zero-order valence-corrected chi connectivity index (χ0v) is 15.8. The minimum absolute atomic E-state index is 0.145. The molecule has 0 saturated carbocycles. The fraction of sp³-hybridized carbons (Fsp3) is 0.389. The number of aromatic nitrogens is 1. The number of pyridine rings is 1. The summed E-state index contributed by atoms with van der Waals surface area (Å²) in [4.78, 5) is 5.77. The van der Waals surface area contributed by atoms with E-state index in [0.717, 1.165) is 6.42 Å². The van der Waals surface area contributed by atoms with Crippen molar-refractivity contribution in [3.05, 3.63) is 42.3 Å². The number of ether oxygens (including phenoxy) is 1. The lowest BCUT2D eigenvalue weighted by molar-refractivity contribution is 0.302. The first kappa shape index (κ1) is 18.8. The number of nitrogens with zero attached hydrogens (tertiary/aromatic N) is 3. The van der Waals surface area contributed by atoms with Gasteiger partial charge >= 0.3 is 0 Å². The van der Waals surface area contributed by atoms with Crippen LogP contribution in [0.1, 0.15) is 6.42 Å². The highest BCUT2D eigenvalue weighted by molar-refractivity contribution is 7.89. The molecule has 6 nitrogen and oxygen atoms in total. The lowest BCUT2D eigenvalue weighted by atomic mass is 10.1. The lowest BCUT2D eigenvalue weighted by Gasteiger charge is -2.20. The van der Waals surface area contributed by atoms with Crippen molar-refractivity contribution in [1.29, 1.82) is 0 Å². The van der Waals surface area contributed by atoms with Crippen LogP contribution in [-0.2, 0) is 10.0 Å². The average Bonchev–Trinajstić information content (AvgIpc) is 3.12. The summed E-state index contributed by atoms with van der Waals surface area (Å²) in [6, 6.07) is 7.71. The van der Waals surface area contributed by atoms with Crippen LogP contribution in [0.15, 0.2) is 41.4 Å². The van der Waals surface area contributed by atoms with E-state index in [9.17, 15) is 12.8 Å². The Morgan fingerprint density at radius 2 is 2.08 bits per heavy atom. The normalized spacial score (nSPS) is 18.4. The van der Waals surface area contributed by atoms with Crippen LogP contribution in [0.2, 0.25) is 0 Å². The Kier molecular flexibility index (Phi) is 5.27. The summed E-state index contributed by atoms with van der Waals surface area (Å²) in [5, 5.41) is 0. The van der Waals surface area contributed by atoms with Crippen molar-refractivity contribution < 1.29 is 17.5 Å². The van der Waals surface area contributed by atoms with E-state index in [1.165, 1.54) is 23.5 Å². The van der Waals surface area contributed by atoms with Gasteiger partial charge in [-0.15, -0.1) is 0 Å². The molecule has 1 saturated heterocycles. The van der Waals surface area contributed by atoms with Crippen LogP contribution in [0.5, 0.6) is 5.88 Å². The lowest BCUT2D eigenvalue weighted by Crippen LogP contribution is -2.34.